The van der Waals surface area contributed by atoms with Gasteiger partial charge in [0.1, 0.15) is 0 Å². The first kappa shape index (κ1) is 17.0. The Labute approximate surface area is 156 Å². The zero-order valence-corrected chi connectivity index (χ0v) is 14.6. The summed E-state index contributed by atoms with van der Waals surface area (Å²) in [5.41, 5.74) is 2.04. The third kappa shape index (κ3) is 4.06. The van der Waals surface area contributed by atoms with Crippen molar-refractivity contribution in [1.29, 1.82) is 0 Å². The maximum atomic E-state index is 12.0. The molecule has 3 aromatic rings. The lowest BCUT2D eigenvalue weighted by atomic mass is 10.2. The molecule has 8 heteroatoms. The first-order valence-electron chi connectivity index (χ1n) is 8.67. The highest BCUT2D eigenvalue weighted by Crippen LogP contribution is 2.28. The van der Waals surface area contributed by atoms with Crippen LogP contribution in [0.25, 0.3) is 0 Å². The van der Waals surface area contributed by atoms with Crippen molar-refractivity contribution in [2.75, 3.05) is 41.8 Å². The van der Waals surface area contributed by atoms with Gasteiger partial charge in [-0.25, -0.2) is 0 Å². The summed E-state index contributed by atoms with van der Waals surface area (Å²) in [6.45, 7) is 3.14. The molecule has 1 amide bonds. The highest BCUT2D eigenvalue weighted by molar-refractivity contribution is 6.01. The Bertz CT molecular complexity index is 890. The van der Waals surface area contributed by atoms with Crippen LogP contribution in [0.15, 0.2) is 59.2 Å². The van der Waals surface area contributed by atoms with Gasteiger partial charge < -0.3 is 24.7 Å². The first-order valence-corrected chi connectivity index (χ1v) is 8.67. The molecule has 4 rings (SSSR count). The molecule has 1 aliphatic rings. The molecule has 1 aliphatic heterocycles. The quantitative estimate of drug-likeness (QED) is 0.718. The van der Waals surface area contributed by atoms with Crippen LogP contribution in [0.4, 0.5) is 23.0 Å². The number of hydrogen-bond acceptors (Lipinski definition) is 7. The van der Waals surface area contributed by atoms with Gasteiger partial charge in [0, 0.05) is 13.1 Å². The Morgan fingerprint density at radius 1 is 0.963 bits per heavy atom. The van der Waals surface area contributed by atoms with Crippen molar-refractivity contribution in [1.82, 2.24) is 10.2 Å². The second-order valence-corrected chi connectivity index (χ2v) is 5.98. The van der Waals surface area contributed by atoms with Gasteiger partial charge in [-0.1, -0.05) is 12.1 Å². The molecule has 138 valence electrons. The number of anilines is 4. The smallest absolute Gasteiger partial charge is 0.292 e. The minimum atomic E-state index is -0.368. The largest absolute Gasteiger partial charge is 0.459 e. The summed E-state index contributed by atoms with van der Waals surface area (Å²) in [5, 5.41) is 14.1. The number of nitrogens with zero attached hydrogens (tertiary/aromatic N) is 3. The molecule has 2 N–H and O–H groups in total. The molecule has 8 nitrogen and oxygen atoms in total. The van der Waals surface area contributed by atoms with Gasteiger partial charge in [-0.15, -0.1) is 10.2 Å². The van der Waals surface area contributed by atoms with E-state index >= 15 is 0 Å². The average Bonchev–Trinajstić information content (AvgIpc) is 3.26. The van der Waals surface area contributed by atoms with Gasteiger partial charge in [-0.3, -0.25) is 4.79 Å². The third-order valence-electron chi connectivity index (χ3n) is 4.17. The monoisotopic (exact) mass is 365 g/mol. The van der Waals surface area contributed by atoms with E-state index in [9.17, 15) is 4.79 Å². The number of carbonyl (C=O) groups is 1. The normalized spacial score (nSPS) is 14.0. The van der Waals surface area contributed by atoms with E-state index in [0.29, 0.717) is 11.6 Å². The van der Waals surface area contributed by atoms with Gasteiger partial charge in [-0.05, 0) is 36.4 Å². The SMILES string of the molecule is O=C(Nc1ccc(Nc2ccccc2N2CCOCC2)nn1)c1ccco1. The van der Waals surface area contributed by atoms with Gasteiger partial charge in [-0.2, -0.15) is 0 Å². The van der Waals surface area contributed by atoms with Crippen molar-refractivity contribution in [3.8, 4) is 0 Å². The van der Waals surface area contributed by atoms with Gasteiger partial charge in [0.15, 0.2) is 17.4 Å². The summed E-state index contributed by atoms with van der Waals surface area (Å²) in [4.78, 5) is 14.2. The van der Waals surface area contributed by atoms with E-state index in [1.807, 2.05) is 18.2 Å². The fraction of sp³-hybridized carbons (Fsp3) is 0.211. The summed E-state index contributed by atoms with van der Waals surface area (Å²) in [6, 6.07) is 14.7. The van der Waals surface area contributed by atoms with Crippen molar-refractivity contribution >= 4 is 28.9 Å². The molecule has 0 atom stereocenters. The molecule has 27 heavy (non-hydrogen) atoms. The number of morpholine rings is 1. The van der Waals surface area contributed by atoms with Crippen LogP contribution in [0.3, 0.4) is 0 Å². The highest BCUT2D eigenvalue weighted by atomic mass is 16.5. The first-order chi connectivity index (χ1) is 13.3. The number of nitrogens with one attached hydrogen (secondary N) is 2. The third-order valence-corrected chi connectivity index (χ3v) is 4.17. The van der Waals surface area contributed by atoms with Crippen molar-refractivity contribution in [3.63, 3.8) is 0 Å². The number of carbonyl (C=O) groups excluding carboxylic acids is 1. The molecule has 3 heterocycles. The molecular formula is C19H19N5O3. The van der Waals surface area contributed by atoms with E-state index in [1.54, 1.807) is 24.3 Å². The Morgan fingerprint density at radius 2 is 1.74 bits per heavy atom. The van der Waals surface area contributed by atoms with Crippen molar-refractivity contribution < 1.29 is 13.9 Å². The lowest BCUT2D eigenvalue weighted by Crippen LogP contribution is -2.36. The maximum Gasteiger partial charge on any atom is 0.292 e. The van der Waals surface area contributed by atoms with E-state index in [0.717, 1.165) is 37.7 Å². The minimum Gasteiger partial charge on any atom is -0.459 e. The molecular weight excluding hydrogens is 346 g/mol. The fourth-order valence-corrected chi connectivity index (χ4v) is 2.85. The molecule has 0 aliphatic carbocycles. The summed E-state index contributed by atoms with van der Waals surface area (Å²) in [7, 11) is 0. The zero-order valence-electron chi connectivity index (χ0n) is 14.6. The number of amides is 1. The maximum absolute atomic E-state index is 12.0. The number of para-hydroxylation sites is 2. The van der Waals surface area contributed by atoms with E-state index in [-0.39, 0.29) is 11.7 Å². The van der Waals surface area contributed by atoms with Crippen molar-refractivity contribution in [3.05, 3.63) is 60.6 Å². The lowest BCUT2D eigenvalue weighted by molar-refractivity contribution is 0.0996. The van der Waals surface area contributed by atoms with Crippen LogP contribution in [0.2, 0.25) is 0 Å². The number of benzene rings is 1. The highest BCUT2D eigenvalue weighted by Gasteiger charge is 2.15. The Balaban J connectivity index is 1.45. The predicted molar refractivity (Wildman–Crippen MR) is 101 cm³/mol. The summed E-state index contributed by atoms with van der Waals surface area (Å²) < 4.78 is 10.5. The summed E-state index contributed by atoms with van der Waals surface area (Å²) >= 11 is 0. The number of rotatable bonds is 5. The lowest BCUT2D eigenvalue weighted by Gasteiger charge is -2.30. The topological polar surface area (TPSA) is 92.5 Å². The Morgan fingerprint density at radius 3 is 2.48 bits per heavy atom. The fourth-order valence-electron chi connectivity index (χ4n) is 2.85. The van der Waals surface area contributed by atoms with Gasteiger partial charge >= 0.3 is 0 Å². The Hall–Kier alpha value is -3.39. The summed E-state index contributed by atoms with van der Waals surface area (Å²) in [6.07, 6.45) is 1.44. The van der Waals surface area contributed by atoms with E-state index in [1.165, 1.54) is 6.26 Å². The number of ether oxygens (including phenoxy) is 1. The predicted octanol–water partition coefficient (Wildman–Crippen LogP) is 2.90. The Kier molecular flexibility index (Phi) is 4.97. The van der Waals surface area contributed by atoms with Crippen LogP contribution >= 0.6 is 0 Å². The second kappa shape index (κ2) is 7.88. The van der Waals surface area contributed by atoms with Crippen molar-refractivity contribution in [2.45, 2.75) is 0 Å². The number of hydrogen-bond donors (Lipinski definition) is 2. The van der Waals surface area contributed by atoms with Crippen molar-refractivity contribution in [2.24, 2.45) is 0 Å². The van der Waals surface area contributed by atoms with Crippen LogP contribution in [0, 0.1) is 0 Å². The standard InChI is InChI=1S/C19H19N5O3/c25-19(16-6-3-11-27-16)21-18-8-7-17(22-23-18)20-14-4-1-2-5-15(14)24-9-12-26-13-10-24/h1-8,11H,9-10,12-13H2,(H,20,22)(H,21,23,25). The van der Waals surface area contributed by atoms with E-state index in [4.69, 9.17) is 9.15 Å². The van der Waals surface area contributed by atoms with E-state index in [2.05, 4.69) is 31.8 Å². The van der Waals surface area contributed by atoms with Crippen LogP contribution < -0.4 is 15.5 Å². The van der Waals surface area contributed by atoms with Crippen LogP contribution in [-0.2, 0) is 4.74 Å². The summed E-state index contributed by atoms with van der Waals surface area (Å²) in [5.74, 6) is 0.793. The van der Waals surface area contributed by atoms with E-state index < -0.39 is 0 Å². The molecule has 1 saturated heterocycles. The minimum absolute atomic E-state index is 0.221. The molecule has 0 bridgehead atoms. The average molecular weight is 365 g/mol. The van der Waals surface area contributed by atoms with Gasteiger partial charge in [0.05, 0.1) is 30.9 Å². The molecule has 0 unspecified atom stereocenters. The van der Waals surface area contributed by atoms with Gasteiger partial charge in [0.2, 0.25) is 0 Å². The second-order valence-electron chi connectivity index (χ2n) is 5.98. The van der Waals surface area contributed by atoms with Crippen LogP contribution in [-0.4, -0.2) is 42.4 Å². The number of furan rings is 1. The van der Waals surface area contributed by atoms with Crippen LogP contribution in [0.1, 0.15) is 10.6 Å². The van der Waals surface area contributed by atoms with Crippen LogP contribution in [0.5, 0.6) is 0 Å². The molecule has 1 fully saturated rings. The molecule has 2 aromatic heterocycles. The molecule has 1 aromatic carbocycles. The van der Waals surface area contributed by atoms with Gasteiger partial charge in [0.25, 0.3) is 5.91 Å². The molecule has 0 radical (unpaired) electrons. The number of aromatic nitrogens is 2. The molecule has 0 spiro atoms. The molecule has 0 saturated carbocycles. The zero-order chi connectivity index (χ0) is 18.5.